The van der Waals surface area contributed by atoms with Crippen LogP contribution < -0.4 is 4.90 Å². The molecule has 1 aliphatic rings. The van der Waals surface area contributed by atoms with Gasteiger partial charge in [-0.2, -0.15) is 0 Å². The summed E-state index contributed by atoms with van der Waals surface area (Å²) in [5, 5.41) is 2.73. The molecule has 0 N–H and O–H groups in total. The molecule has 3 heteroatoms. The maximum Gasteiger partial charge on any atom is 0.102 e. The molecule has 0 saturated heterocycles. The summed E-state index contributed by atoms with van der Waals surface area (Å²) in [5.41, 5.74) is 2.64. The molecule has 1 aromatic heterocycles. The summed E-state index contributed by atoms with van der Waals surface area (Å²) in [6.45, 7) is 4.44. The summed E-state index contributed by atoms with van der Waals surface area (Å²) < 4.78 is 2.74. The number of benzene rings is 2. The van der Waals surface area contributed by atoms with E-state index in [-0.39, 0.29) is 0 Å². The second-order valence-corrected chi connectivity index (χ2v) is 6.82. The normalized spacial score (nSPS) is 18.3. The molecule has 2 heterocycles. The molecule has 4 rings (SSSR count). The maximum atomic E-state index is 2.35. The fourth-order valence-corrected chi connectivity index (χ4v) is 4.23. The Labute approximate surface area is 128 Å². The average Bonchev–Trinajstić information content (AvgIpc) is 2.99. The molecule has 2 aromatic carbocycles. The first-order chi connectivity index (χ1) is 10.1. The number of fused-ring (bicyclic) bond motifs is 3. The molecule has 1 atom stereocenters. The molecule has 0 amide bonds. The summed E-state index contributed by atoms with van der Waals surface area (Å²) >= 11 is 1.88. The van der Waals surface area contributed by atoms with E-state index in [1.807, 2.05) is 11.3 Å². The second kappa shape index (κ2) is 4.50. The number of anilines is 1. The van der Waals surface area contributed by atoms with Gasteiger partial charge in [-0.05, 0) is 37.6 Å². The topological polar surface area (TPSA) is 6.48 Å². The van der Waals surface area contributed by atoms with E-state index in [0.717, 1.165) is 0 Å². The third-order valence-corrected chi connectivity index (χ3v) is 5.56. The lowest BCUT2D eigenvalue weighted by molar-refractivity contribution is 0.383. The zero-order valence-electron chi connectivity index (χ0n) is 12.5. The zero-order valence-corrected chi connectivity index (χ0v) is 13.3. The predicted octanol–water partition coefficient (Wildman–Crippen LogP) is 4.93. The summed E-state index contributed by atoms with van der Waals surface area (Å²) in [6, 6.07) is 13.4. The van der Waals surface area contributed by atoms with Crippen molar-refractivity contribution in [1.29, 1.82) is 0 Å². The molecule has 0 aliphatic carbocycles. The van der Waals surface area contributed by atoms with E-state index >= 15 is 0 Å². The van der Waals surface area contributed by atoms with Crippen LogP contribution in [0.1, 0.15) is 12.5 Å². The molecule has 3 aromatic rings. The Morgan fingerprint density at radius 2 is 1.81 bits per heavy atom. The highest BCUT2D eigenvalue weighted by atomic mass is 32.1. The maximum absolute atomic E-state index is 2.35. The van der Waals surface area contributed by atoms with Crippen LogP contribution in [0, 0.1) is 6.92 Å². The molecule has 21 heavy (non-hydrogen) atoms. The molecule has 0 spiro atoms. The van der Waals surface area contributed by atoms with Gasteiger partial charge in [-0.25, -0.2) is 0 Å². The van der Waals surface area contributed by atoms with Crippen LogP contribution in [0.15, 0.2) is 48.8 Å². The van der Waals surface area contributed by atoms with Gasteiger partial charge >= 0.3 is 0 Å². The lowest BCUT2D eigenvalue weighted by Crippen LogP contribution is -2.33. The van der Waals surface area contributed by atoms with Crippen LogP contribution in [-0.2, 0) is 0 Å². The number of aryl methyl sites for hydroxylation is 1. The molecule has 2 nitrogen and oxygen atoms in total. The van der Waals surface area contributed by atoms with Gasteiger partial charge in [-0.1, -0.05) is 18.2 Å². The van der Waals surface area contributed by atoms with E-state index in [2.05, 4.69) is 79.5 Å². The molecular weight excluding hydrogens is 276 g/mol. The van der Waals surface area contributed by atoms with Crippen LogP contribution in [-0.4, -0.2) is 18.1 Å². The van der Waals surface area contributed by atoms with Gasteiger partial charge in [-0.3, -0.25) is 0 Å². The highest BCUT2D eigenvalue weighted by Crippen LogP contribution is 2.38. The van der Waals surface area contributed by atoms with Crippen LogP contribution in [0.5, 0.6) is 0 Å². The van der Waals surface area contributed by atoms with Crippen molar-refractivity contribution in [3.8, 4) is 0 Å². The minimum Gasteiger partial charge on any atom is -0.359 e. The van der Waals surface area contributed by atoms with Gasteiger partial charge in [-0.15, -0.1) is 11.3 Å². The van der Waals surface area contributed by atoms with Crippen molar-refractivity contribution in [2.24, 2.45) is 0 Å². The first-order valence-corrected chi connectivity index (χ1v) is 8.07. The van der Waals surface area contributed by atoms with E-state index in [4.69, 9.17) is 0 Å². The Bertz CT molecular complexity index is 862. The van der Waals surface area contributed by atoms with Crippen LogP contribution in [0.4, 0.5) is 5.69 Å². The van der Waals surface area contributed by atoms with Gasteiger partial charge in [0.05, 0.1) is 0 Å². The van der Waals surface area contributed by atoms with Gasteiger partial charge in [0.1, 0.15) is 6.17 Å². The number of hydrogen-bond acceptors (Lipinski definition) is 3. The van der Waals surface area contributed by atoms with Gasteiger partial charge < -0.3 is 9.80 Å². The molecular formula is C18H18N2S. The van der Waals surface area contributed by atoms with Gasteiger partial charge in [0.25, 0.3) is 0 Å². The molecule has 0 saturated carbocycles. The van der Waals surface area contributed by atoms with E-state index in [0.29, 0.717) is 6.17 Å². The number of hydrogen-bond donors (Lipinski definition) is 0. The van der Waals surface area contributed by atoms with Crippen LogP contribution in [0.3, 0.4) is 0 Å². The van der Waals surface area contributed by atoms with Gasteiger partial charge in [0.2, 0.25) is 0 Å². The third kappa shape index (κ3) is 1.84. The lowest BCUT2D eigenvalue weighted by atomic mass is 10.1. The smallest absolute Gasteiger partial charge is 0.102 e. The Kier molecular flexibility index (Phi) is 2.73. The molecule has 0 fully saturated rings. The quantitative estimate of drug-likeness (QED) is 0.628. The Morgan fingerprint density at radius 1 is 1.00 bits per heavy atom. The van der Waals surface area contributed by atoms with Crippen molar-refractivity contribution >= 4 is 37.2 Å². The third-order valence-electron chi connectivity index (χ3n) is 4.43. The number of nitrogens with zero attached hydrogens (tertiary/aromatic N) is 2. The Morgan fingerprint density at radius 3 is 2.57 bits per heavy atom. The minimum atomic E-state index is 0.367. The largest absolute Gasteiger partial charge is 0.359 e. The van der Waals surface area contributed by atoms with Crippen LogP contribution >= 0.6 is 11.3 Å². The van der Waals surface area contributed by atoms with Gasteiger partial charge in [0.15, 0.2) is 0 Å². The lowest BCUT2D eigenvalue weighted by Gasteiger charge is -2.28. The molecule has 0 unspecified atom stereocenters. The van der Waals surface area contributed by atoms with Crippen molar-refractivity contribution in [1.82, 2.24) is 4.90 Å². The molecule has 106 valence electrons. The monoisotopic (exact) mass is 294 g/mol. The van der Waals surface area contributed by atoms with Crippen molar-refractivity contribution in [3.63, 3.8) is 0 Å². The van der Waals surface area contributed by atoms with Crippen molar-refractivity contribution in [2.75, 3.05) is 11.9 Å². The fourth-order valence-electron chi connectivity index (χ4n) is 3.04. The Balaban J connectivity index is 1.96. The van der Waals surface area contributed by atoms with Crippen molar-refractivity contribution < 1.29 is 0 Å². The highest BCUT2D eigenvalue weighted by Gasteiger charge is 2.22. The average molecular weight is 294 g/mol. The Hall–Kier alpha value is -2.00. The first-order valence-electron chi connectivity index (χ1n) is 7.25. The van der Waals surface area contributed by atoms with Crippen molar-refractivity contribution in [3.05, 3.63) is 54.4 Å². The van der Waals surface area contributed by atoms with Gasteiger partial charge in [0, 0.05) is 45.3 Å². The second-order valence-electron chi connectivity index (χ2n) is 5.74. The summed E-state index contributed by atoms with van der Waals surface area (Å²) in [4.78, 5) is 4.58. The summed E-state index contributed by atoms with van der Waals surface area (Å²) in [5.74, 6) is 0. The van der Waals surface area contributed by atoms with E-state index in [1.165, 1.54) is 31.4 Å². The van der Waals surface area contributed by atoms with Crippen molar-refractivity contribution in [2.45, 2.75) is 20.0 Å². The highest BCUT2D eigenvalue weighted by molar-refractivity contribution is 7.25. The molecule has 0 radical (unpaired) electrons. The van der Waals surface area contributed by atoms with E-state index in [1.54, 1.807) is 0 Å². The summed E-state index contributed by atoms with van der Waals surface area (Å²) in [6.07, 6.45) is 4.68. The summed E-state index contributed by atoms with van der Waals surface area (Å²) in [7, 11) is 2.12. The minimum absolute atomic E-state index is 0.367. The zero-order chi connectivity index (χ0) is 14.6. The number of thiophene rings is 1. The fraction of sp³-hybridized carbons (Fsp3) is 0.222. The SMILES string of the molecule is Cc1cc2sc3ccccc3c2cc1N1C=CN(C)[C@@H]1C. The van der Waals surface area contributed by atoms with E-state index < -0.39 is 0 Å². The molecule has 1 aliphatic heterocycles. The predicted molar refractivity (Wildman–Crippen MR) is 92.9 cm³/mol. The first kappa shape index (κ1) is 12.7. The van der Waals surface area contributed by atoms with Crippen LogP contribution in [0.2, 0.25) is 0 Å². The standard InChI is InChI=1S/C18H18N2S/c1-12-10-18-15(14-6-4-5-7-17(14)21-18)11-16(12)20-9-8-19(3)13(20)2/h4-11,13H,1-3H3/t13-/m0/s1. The number of rotatable bonds is 1. The van der Waals surface area contributed by atoms with Crippen LogP contribution in [0.25, 0.3) is 20.2 Å². The van der Waals surface area contributed by atoms with E-state index in [9.17, 15) is 0 Å². The molecule has 0 bridgehead atoms.